The summed E-state index contributed by atoms with van der Waals surface area (Å²) in [6.07, 6.45) is 0. The smallest absolute Gasteiger partial charge is 0.295 e. The molecule has 2 heterocycles. The molecule has 110 valence electrons. The van der Waals surface area contributed by atoms with Crippen LogP contribution in [0.25, 0.3) is 21.5 Å². The van der Waals surface area contributed by atoms with Crippen molar-refractivity contribution >= 4 is 22.4 Å². The standard InChI is InChI=1S/C17H20N2OS/c1-17(2,3)11-19-13-8-7-12(15-6-5-9-21-15)10-14(13)18(4)16(19)20/h5-10H,11H2,1-4H3. The maximum atomic E-state index is 12.5. The highest BCUT2D eigenvalue weighted by atomic mass is 32.1. The van der Waals surface area contributed by atoms with Crippen LogP contribution >= 0.6 is 11.3 Å². The lowest BCUT2D eigenvalue weighted by molar-refractivity contribution is 0.342. The van der Waals surface area contributed by atoms with Gasteiger partial charge in [-0.25, -0.2) is 4.79 Å². The van der Waals surface area contributed by atoms with Crippen molar-refractivity contribution in [3.8, 4) is 10.4 Å². The van der Waals surface area contributed by atoms with Crippen LogP contribution in [-0.4, -0.2) is 9.13 Å². The summed E-state index contributed by atoms with van der Waals surface area (Å²) in [5.74, 6) is 0. The van der Waals surface area contributed by atoms with Gasteiger partial charge in [0.15, 0.2) is 0 Å². The van der Waals surface area contributed by atoms with Crippen molar-refractivity contribution < 1.29 is 0 Å². The number of fused-ring (bicyclic) bond motifs is 1. The van der Waals surface area contributed by atoms with Crippen LogP contribution in [0.3, 0.4) is 0 Å². The molecule has 0 aliphatic heterocycles. The van der Waals surface area contributed by atoms with Crippen LogP contribution in [0.5, 0.6) is 0 Å². The van der Waals surface area contributed by atoms with E-state index in [1.165, 1.54) is 10.4 Å². The molecule has 3 aromatic rings. The summed E-state index contributed by atoms with van der Waals surface area (Å²) in [5, 5.41) is 2.07. The summed E-state index contributed by atoms with van der Waals surface area (Å²) in [7, 11) is 1.85. The molecule has 0 saturated heterocycles. The van der Waals surface area contributed by atoms with E-state index in [1.54, 1.807) is 15.9 Å². The number of aromatic nitrogens is 2. The van der Waals surface area contributed by atoms with E-state index in [0.717, 1.165) is 17.6 Å². The van der Waals surface area contributed by atoms with Gasteiger partial charge in [0.2, 0.25) is 0 Å². The summed E-state index contributed by atoms with van der Waals surface area (Å²) in [6.45, 7) is 7.18. The Labute approximate surface area is 128 Å². The summed E-state index contributed by atoms with van der Waals surface area (Å²) < 4.78 is 3.63. The molecule has 0 saturated carbocycles. The molecule has 0 aliphatic carbocycles. The predicted octanol–water partition coefficient (Wildman–Crippen LogP) is 4.11. The summed E-state index contributed by atoms with van der Waals surface area (Å²) in [6, 6.07) is 10.4. The zero-order valence-corrected chi connectivity index (χ0v) is 13.7. The number of hydrogen-bond donors (Lipinski definition) is 0. The van der Waals surface area contributed by atoms with Gasteiger partial charge in [0.05, 0.1) is 11.0 Å². The number of hydrogen-bond acceptors (Lipinski definition) is 2. The van der Waals surface area contributed by atoms with Crippen LogP contribution in [-0.2, 0) is 13.6 Å². The molecule has 2 aromatic heterocycles. The molecule has 0 atom stereocenters. The molecular weight excluding hydrogens is 280 g/mol. The molecular formula is C17H20N2OS. The number of thiophene rings is 1. The van der Waals surface area contributed by atoms with Crippen LogP contribution in [0.4, 0.5) is 0 Å². The first-order valence-electron chi connectivity index (χ1n) is 7.10. The molecule has 0 unspecified atom stereocenters. The molecule has 4 heteroatoms. The van der Waals surface area contributed by atoms with Crippen molar-refractivity contribution in [1.29, 1.82) is 0 Å². The van der Waals surface area contributed by atoms with Crippen LogP contribution in [0, 0.1) is 5.41 Å². The van der Waals surface area contributed by atoms with Gasteiger partial charge in [-0.15, -0.1) is 11.3 Å². The molecule has 0 radical (unpaired) electrons. The zero-order valence-electron chi connectivity index (χ0n) is 12.9. The third kappa shape index (κ3) is 2.56. The van der Waals surface area contributed by atoms with Crippen LogP contribution in [0.2, 0.25) is 0 Å². The van der Waals surface area contributed by atoms with Gasteiger partial charge in [-0.1, -0.05) is 32.9 Å². The summed E-state index contributed by atoms with van der Waals surface area (Å²) in [4.78, 5) is 13.7. The fraction of sp³-hybridized carbons (Fsp3) is 0.353. The monoisotopic (exact) mass is 300 g/mol. The lowest BCUT2D eigenvalue weighted by Crippen LogP contribution is -2.27. The van der Waals surface area contributed by atoms with Crippen molar-refractivity contribution in [2.45, 2.75) is 27.3 Å². The molecule has 0 N–H and O–H groups in total. The topological polar surface area (TPSA) is 26.9 Å². The predicted molar refractivity (Wildman–Crippen MR) is 89.9 cm³/mol. The molecule has 0 amide bonds. The maximum Gasteiger partial charge on any atom is 0.328 e. The molecule has 0 fully saturated rings. The number of imidazole rings is 1. The van der Waals surface area contributed by atoms with Gasteiger partial charge in [0.25, 0.3) is 0 Å². The first-order chi connectivity index (χ1) is 9.87. The normalized spacial score (nSPS) is 12.2. The molecule has 21 heavy (non-hydrogen) atoms. The highest BCUT2D eigenvalue weighted by Crippen LogP contribution is 2.28. The quantitative estimate of drug-likeness (QED) is 0.699. The van der Waals surface area contributed by atoms with Crippen molar-refractivity contribution in [3.05, 3.63) is 46.2 Å². The molecule has 0 bridgehead atoms. The third-order valence-electron chi connectivity index (χ3n) is 3.58. The molecule has 3 rings (SSSR count). The molecule has 1 aromatic carbocycles. The van der Waals surface area contributed by atoms with E-state index in [4.69, 9.17) is 0 Å². The average molecular weight is 300 g/mol. The Morgan fingerprint density at radius 1 is 1.14 bits per heavy atom. The van der Waals surface area contributed by atoms with E-state index >= 15 is 0 Å². The van der Waals surface area contributed by atoms with E-state index in [-0.39, 0.29) is 11.1 Å². The summed E-state index contributed by atoms with van der Waals surface area (Å²) >= 11 is 1.72. The van der Waals surface area contributed by atoms with Crippen molar-refractivity contribution in [3.63, 3.8) is 0 Å². The van der Waals surface area contributed by atoms with E-state index < -0.39 is 0 Å². The Morgan fingerprint density at radius 3 is 2.52 bits per heavy atom. The Balaban J connectivity index is 2.20. The van der Waals surface area contributed by atoms with E-state index in [9.17, 15) is 4.79 Å². The average Bonchev–Trinajstić information content (AvgIpc) is 3.01. The number of benzene rings is 1. The van der Waals surface area contributed by atoms with E-state index in [0.29, 0.717) is 0 Å². The first-order valence-corrected chi connectivity index (χ1v) is 7.98. The van der Waals surface area contributed by atoms with Crippen molar-refractivity contribution in [1.82, 2.24) is 9.13 Å². The van der Waals surface area contributed by atoms with Crippen LogP contribution < -0.4 is 5.69 Å². The highest BCUT2D eigenvalue weighted by molar-refractivity contribution is 7.13. The lowest BCUT2D eigenvalue weighted by Gasteiger charge is -2.18. The molecule has 3 nitrogen and oxygen atoms in total. The number of rotatable bonds is 2. The van der Waals surface area contributed by atoms with Gasteiger partial charge in [-0.3, -0.25) is 9.13 Å². The number of nitrogens with zero attached hydrogens (tertiary/aromatic N) is 2. The third-order valence-corrected chi connectivity index (χ3v) is 4.50. The van der Waals surface area contributed by atoms with Gasteiger partial charge in [-0.2, -0.15) is 0 Å². The minimum Gasteiger partial charge on any atom is -0.295 e. The largest absolute Gasteiger partial charge is 0.328 e. The zero-order chi connectivity index (χ0) is 15.2. The second-order valence-electron chi connectivity index (χ2n) is 6.67. The minimum absolute atomic E-state index is 0.0586. The van der Waals surface area contributed by atoms with E-state index in [2.05, 4.69) is 50.4 Å². The SMILES string of the molecule is Cn1c(=O)n(CC(C)(C)C)c2ccc(-c3cccs3)cc21. The Morgan fingerprint density at radius 2 is 1.90 bits per heavy atom. The fourth-order valence-corrected chi connectivity index (χ4v) is 3.35. The summed E-state index contributed by atoms with van der Waals surface area (Å²) in [5.41, 5.74) is 3.31. The van der Waals surface area contributed by atoms with Gasteiger partial charge in [0, 0.05) is 18.5 Å². The van der Waals surface area contributed by atoms with Crippen LogP contribution in [0.1, 0.15) is 20.8 Å². The van der Waals surface area contributed by atoms with Gasteiger partial charge in [-0.05, 0) is 34.6 Å². The minimum atomic E-state index is 0.0586. The second kappa shape index (κ2) is 4.88. The van der Waals surface area contributed by atoms with Gasteiger partial charge >= 0.3 is 5.69 Å². The molecule has 0 spiro atoms. The highest BCUT2D eigenvalue weighted by Gasteiger charge is 2.18. The van der Waals surface area contributed by atoms with E-state index in [1.807, 2.05) is 17.7 Å². The number of aryl methyl sites for hydroxylation is 1. The molecule has 0 aliphatic rings. The van der Waals surface area contributed by atoms with Crippen molar-refractivity contribution in [2.24, 2.45) is 12.5 Å². The van der Waals surface area contributed by atoms with Gasteiger partial charge < -0.3 is 0 Å². The Hall–Kier alpha value is -1.81. The fourth-order valence-electron chi connectivity index (χ4n) is 2.63. The lowest BCUT2D eigenvalue weighted by atomic mass is 9.97. The van der Waals surface area contributed by atoms with Crippen molar-refractivity contribution in [2.75, 3.05) is 0 Å². The maximum absolute atomic E-state index is 12.5. The second-order valence-corrected chi connectivity index (χ2v) is 7.62. The first kappa shape index (κ1) is 14.1. The van der Waals surface area contributed by atoms with Gasteiger partial charge in [0.1, 0.15) is 0 Å². The Bertz CT molecular complexity index is 832. The van der Waals surface area contributed by atoms with Crippen LogP contribution in [0.15, 0.2) is 40.5 Å². The Kier molecular flexibility index (Phi) is 3.29.